The van der Waals surface area contributed by atoms with Crippen molar-refractivity contribution in [1.82, 2.24) is 19.9 Å². The van der Waals surface area contributed by atoms with E-state index in [2.05, 4.69) is 22.4 Å². The summed E-state index contributed by atoms with van der Waals surface area (Å²) in [5, 5.41) is 8.16. The maximum Gasteiger partial charge on any atom is 0.276 e. The van der Waals surface area contributed by atoms with E-state index in [1.165, 1.54) is 11.1 Å². The van der Waals surface area contributed by atoms with E-state index in [0.29, 0.717) is 18.8 Å². The predicted octanol–water partition coefficient (Wildman–Crippen LogP) is 2.56. The molecule has 0 spiro atoms. The Labute approximate surface area is 164 Å². The Morgan fingerprint density at radius 1 is 1.07 bits per heavy atom. The topological polar surface area (TPSA) is 77.0 Å². The maximum absolute atomic E-state index is 12.8. The Balaban J connectivity index is 0.00000210. The van der Waals surface area contributed by atoms with Gasteiger partial charge in [0, 0.05) is 25.0 Å². The van der Waals surface area contributed by atoms with Crippen molar-refractivity contribution in [2.75, 3.05) is 13.1 Å². The average Bonchev–Trinajstić information content (AvgIpc) is 3.30. The molecule has 6 nitrogen and oxygen atoms in total. The van der Waals surface area contributed by atoms with E-state index in [1.807, 2.05) is 49.4 Å². The van der Waals surface area contributed by atoms with Gasteiger partial charge in [0.1, 0.15) is 0 Å². The number of benzene rings is 2. The molecule has 1 aliphatic heterocycles. The van der Waals surface area contributed by atoms with Crippen molar-refractivity contribution < 1.29 is 4.79 Å². The van der Waals surface area contributed by atoms with Crippen LogP contribution in [-0.4, -0.2) is 44.9 Å². The molecule has 2 aromatic carbocycles. The maximum atomic E-state index is 12.8. The second kappa shape index (κ2) is 7.90. The molecule has 140 valence electrons. The fourth-order valence-electron chi connectivity index (χ4n) is 3.40. The average molecular weight is 384 g/mol. The molecule has 7 heteroatoms. The fourth-order valence-corrected chi connectivity index (χ4v) is 3.40. The molecular formula is C20H22ClN5O. The van der Waals surface area contributed by atoms with E-state index in [4.69, 9.17) is 5.73 Å². The molecule has 1 saturated heterocycles. The summed E-state index contributed by atoms with van der Waals surface area (Å²) in [6.45, 7) is 3.15. The van der Waals surface area contributed by atoms with Crippen molar-refractivity contribution in [2.24, 2.45) is 5.73 Å². The molecule has 0 unspecified atom stereocenters. The van der Waals surface area contributed by atoms with E-state index < -0.39 is 0 Å². The van der Waals surface area contributed by atoms with Gasteiger partial charge in [-0.15, -0.1) is 17.5 Å². The fraction of sp³-hybridized carbons (Fsp3) is 0.250. The minimum Gasteiger partial charge on any atom is -0.335 e. The van der Waals surface area contributed by atoms with Crippen molar-refractivity contribution in [3.8, 4) is 5.69 Å². The van der Waals surface area contributed by atoms with Crippen molar-refractivity contribution in [3.05, 3.63) is 77.6 Å². The highest BCUT2D eigenvalue weighted by molar-refractivity contribution is 5.92. The van der Waals surface area contributed by atoms with Gasteiger partial charge >= 0.3 is 0 Å². The van der Waals surface area contributed by atoms with E-state index in [-0.39, 0.29) is 30.3 Å². The molecular weight excluding hydrogens is 362 g/mol. The number of rotatable bonds is 3. The molecule has 2 N–H and O–H groups in total. The third-order valence-corrected chi connectivity index (χ3v) is 4.89. The molecule has 0 aliphatic carbocycles. The van der Waals surface area contributed by atoms with Gasteiger partial charge in [0.05, 0.1) is 11.9 Å². The number of halogens is 1. The van der Waals surface area contributed by atoms with Crippen LogP contribution in [0.1, 0.15) is 27.5 Å². The molecule has 3 aromatic rings. The molecule has 27 heavy (non-hydrogen) atoms. The van der Waals surface area contributed by atoms with Crippen LogP contribution >= 0.6 is 12.4 Å². The number of aryl methyl sites for hydroxylation is 1. The second-order valence-electron chi connectivity index (χ2n) is 6.78. The molecule has 2 atom stereocenters. The van der Waals surface area contributed by atoms with Crippen LogP contribution in [0.2, 0.25) is 0 Å². The van der Waals surface area contributed by atoms with Gasteiger partial charge in [-0.2, -0.15) is 0 Å². The zero-order valence-electron chi connectivity index (χ0n) is 15.0. The lowest BCUT2D eigenvalue weighted by atomic mass is 9.95. The van der Waals surface area contributed by atoms with Crippen LogP contribution in [0.3, 0.4) is 0 Å². The van der Waals surface area contributed by atoms with Gasteiger partial charge in [-0.3, -0.25) is 4.79 Å². The van der Waals surface area contributed by atoms with Gasteiger partial charge in [-0.25, -0.2) is 4.68 Å². The van der Waals surface area contributed by atoms with Gasteiger partial charge in [0.2, 0.25) is 0 Å². The highest BCUT2D eigenvalue weighted by Gasteiger charge is 2.35. The van der Waals surface area contributed by atoms with Gasteiger partial charge in [-0.05, 0) is 24.6 Å². The summed E-state index contributed by atoms with van der Waals surface area (Å²) < 4.78 is 1.62. The van der Waals surface area contributed by atoms with Gasteiger partial charge in [-0.1, -0.05) is 53.2 Å². The van der Waals surface area contributed by atoms with E-state index in [0.717, 1.165) is 5.69 Å². The van der Waals surface area contributed by atoms with Gasteiger partial charge in [0.25, 0.3) is 5.91 Å². The standard InChI is InChI=1S/C20H21N5O.ClH/c1-14-7-9-16(10-8-14)25-13-19(22-23-25)20(26)24-11-17(18(21)12-24)15-5-3-2-4-6-15;/h2-10,13,17-18H,11-12,21H2,1H3;1H/t17-,18+;/m0./s1. The Morgan fingerprint density at radius 2 is 1.78 bits per heavy atom. The summed E-state index contributed by atoms with van der Waals surface area (Å²) in [7, 11) is 0. The number of hydrogen-bond acceptors (Lipinski definition) is 4. The highest BCUT2D eigenvalue weighted by atomic mass is 35.5. The molecule has 2 heterocycles. The molecule has 0 saturated carbocycles. The van der Waals surface area contributed by atoms with Crippen LogP contribution in [-0.2, 0) is 0 Å². The Morgan fingerprint density at radius 3 is 2.48 bits per heavy atom. The van der Waals surface area contributed by atoms with Crippen LogP contribution in [0.25, 0.3) is 5.69 Å². The first-order chi connectivity index (χ1) is 12.6. The molecule has 0 bridgehead atoms. The van der Waals surface area contributed by atoms with Gasteiger partial charge in [0.15, 0.2) is 5.69 Å². The summed E-state index contributed by atoms with van der Waals surface area (Å²) >= 11 is 0. The third kappa shape index (κ3) is 3.86. The quantitative estimate of drug-likeness (QED) is 0.754. The number of hydrogen-bond donors (Lipinski definition) is 1. The van der Waals surface area contributed by atoms with Crippen LogP contribution in [0.5, 0.6) is 0 Å². The van der Waals surface area contributed by atoms with Gasteiger partial charge < -0.3 is 10.6 Å². The van der Waals surface area contributed by atoms with Crippen LogP contribution in [0.4, 0.5) is 0 Å². The Bertz CT molecular complexity index is 910. The minimum absolute atomic E-state index is 0. The van der Waals surface area contributed by atoms with Crippen molar-refractivity contribution >= 4 is 18.3 Å². The summed E-state index contributed by atoms with van der Waals surface area (Å²) in [6.07, 6.45) is 1.67. The largest absolute Gasteiger partial charge is 0.335 e. The summed E-state index contributed by atoms with van der Waals surface area (Å²) in [5.74, 6) is 0.0181. The lowest BCUT2D eigenvalue weighted by Crippen LogP contribution is -2.32. The highest BCUT2D eigenvalue weighted by Crippen LogP contribution is 2.27. The third-order valence-electron chi connectivity index (χ3n) is 4.89. The Hall–Kier alpha value is -2.70. The first-order valence-corrected chi connectivity index (χ1v) is 8.71. The monoisotopic (exact) mass is 383 g/mol. The summed E-state index contributed by atoms with van der Waals surface area (Å²) in [5.41, 5.74) is 9.84. The number of carbonyl (C=O) groups is 1. The van der Waals surface area contributed by atoms with Crippen LogP contribution in [0.15, 0.2) is 60.8 Å². The minimum atomic E-state index is -0.128. The van der Waals surface area contributed by atoms with Crippen molar-refractivity contribution in [2.45, 2.75) is 18.9 Å². The second-order valence-corrected chi connectivity index (χ2v) is 6.78. The molecule has 4 rings (SSSR count). The number of aromatic nitrogens is 3. The lowest BCUT2D eigenvalue weighted by molar-refractivity contribution is 0.0783. The molecule has 1 fully saturated rings. The first kappa shape index (κ1) is 19.1. The van der Waals surface area contributed by atoms with Crippen molar-refractivity contribution in [1.29, 1.82) is 0 Å². The number of amides is 1. The summed E-state index contributed by atoms with van der Waals surface area (Å²) in [6, 6.07) is 17.9. The molecule has 1 aliphatic rings. The van der Waals surface area contributed by atoms with Crippen LogP contribution in [0, 0.1) is 6.92 Å². The van der Waals surface area contributed by atoms with Crippen LogP contribution < -0.4 is 5.73 Å². The van der Waals surface area contributed by atoms with E-state index >= 15 is 0 Å². The molecule has 1 aromatic heterocycles. The number of carbonyl (C=O) groups excluding carboxylic acids is 1. The first-order valence-electron chi connectivity index (χ1n) is 8.71. The zero-order valence-corrected chi connectivity index (χ0v) is 15.8. The molecule has 1 amide bonds. The lowest BCUT2D eigenvalue weighted by Gasteiger charge is -2.15. The molecule has 0 radical (unpaired) electrons. The summed E-state index contributed by atoms with van der Waals surface area (Å²) in [4.78, 5) is 14.6. The van der Waals surface area contributed by atoms with E-state index in [1.54, 1.807) is 15.8 Å². The predicted molar refractivity (Wildman–Crippen MR) is 106 cm³/mol. The number of likely N-dealkylation sites (tertiary alicyclic amines) is 1. The van der Waals surface area contributed by atoms with E-state index in [9.17, 15) is 4.79 Å². The normalized spacial score (nSPS) is 19.0. The number of nitrogens with zero attached hydrogens (tertiary/aromatic N) is 4. The Kier molecular flexibility index (Phi) is 5.58. The smallest absolute Gasteiger partial charge is 0.276 e. The number of nitrogens with two attached hydrogens (primary N) is 1. The SMILES string of the molecule is Cc1ccc(-n2cc(C(=O)N3C[C@@H](N)[C@H](c4ccccc4)C3)nn2)cc1.Cl. The zero-order chi connectivity index (χ0) is 18.1. The van der Waals surface area contributed by atoms with Crippen molar-refractivity contribution in [3.63, 3.8) is 0 Å².